The molecule has 1 aliphatic rings. The highest BCUT2D eigenvalue weighted by Crippen LogP contribution is 2.16. The van der Waals surface area contributed by atoms with Crippen molar-refractivity contribution in [2.24, 2.45) is 0 Å². The molecule has 1 N–H and O–H groups in total. The van der Waals surface area contributed by atoms with Crippen molar-refractivity contribution in [3.8, 4) is 0 Å². The molecule has 0 fully saturated rings. The lowest BCUT2D eigenvalue weighted by molar-refractivity contribution is -0.132. The molecule has 8 nitrogen and oxygen atoms in total. The first kappa shape index (κ1) is 18.5. The van der Waals surface area contributed by atoms with Crippen molar-refractivity contribution in [1.82, 2.24) is 25.0 Å². The molecule has 26 heavy (non-hydrogen) atoms. The van der Waals surface area contributed by atoms with Crippen LogP contribution in [0.5, 0.6) is 0 Å². The third kappa shape index (κ3) is 4.09. The van der Waals surface area contributed by atoms with Crippen molar-refractivity contribution in [3.05, 3.63) is 35.8 Å². The lowest BCUT2D eigenvalue weighted by Crippen LogP contribution is -2.47. The topological polar surface area (TPSA) is 93.3 Å². The van der Waals surface area contributed by atoms with Gasteiger partial charge in [-0.1, -0.05) is 0 Å². The van der Waals surface area contributed by atoms with Crippen LogP contribution in [-0.4, -0.2) is 56.6 Å². The number of hydrogen-bond acceptors (Lipinski definition) is 6. The van der Waals surface area contributed by atoms with E-state index in [0.29, 0.717) is 13.0 Å². The van der Waals surface area contributed by atoms with Crippen LogP contribution in [0.15, 0.2) is 22.8 Å². The summed E-state index contributed by atoms with van der Waals surface area (Å²) in [4.78, 5) is 26.8. The van der Waals surface area contributed by atoms with Gasteiger partial charge in [0, 0.05) is 20.0 Å². The summed E-state index contributed by atoms with van der Waals surface area (Å²) in [5.41, 5.74) is 0. The third-order valence-electron chi connectivity index (χ3n) is 4.40. The standard InChI is InChI=1S/C17H23N5O3S/c1-21(11-15-20-19-14-6-3-8-22(14)15)17(24)12(7-10-26-2)18-16(23)13-5-4-9-25-13/h4-5,9,12H,3,6-8,10-11H2,1-2H3,(H,18,23)/t12-/m0/s1. The summed E-state index contributed by atoms with van der Waals surface area (Å²) in [5, 5.41) is 11.2. The van der Waals surface area contributed by atoms with E-state index in [0.717, 1.165) is 36.8 Å². The fourth-order valence-corrected chi connectivity index (χ4v) is 3.49. The van der Waals surface area contributed by atoms with Gasteiger partial charge in [0.2, 0.25) is 5.91 Å². The Bertz CT molecular complexity index is 759. The van der Waals surface area contributed by atoms with E-state index >= 15 is 0 Å². The van der Waals surface area contributed by atoms with Gasteiger partial charge in [0.1, 0.15) is 11.9 Å². The highest BCUT2D eigenvalue weighted by Gasteiger charge is 2.27. The number of carbonyl (C=O) groups is 2. The van der Waals surface area contributed by atoms with E-state index < -0.39 is 6.04 Å². The van der Waals surface area contributed by atoms with Gasteiger partial charge < -0.3 is 19.2 Å². The highest BCUT2D eigenvalue weighted by molar-refractivity contribution is 7.98. The van der Waals surface area contributed by atoms with E-state index in [9.17, 15) is 9.59 Å². The number of amides is 2. The zero-order chi connectivity index (χ0) is 18.5. The molecule has 0 saturated heterocycles. The van der Waals surface area contributed by atoms with E-state index in [1.165, 1.54) is 6.26 Å². The van der Waals surface area contributed by atoms with Crippen LogP contribution < -0.4 is 5.32 Å². The van der Waals surface area contributed by atoms with Crippen LogP contribution in [0, 0.1) is 0 Å². The number of aryl methyl sites for hydroxylation is 1. The first-order valence-electron chi connectivity index (χ1n) is 8.59. The molecule has 9 heteroatoms. The molecule has 0 unspecified atom stereocenters. The van der Waals surface area contributed by atoms with Gasteiger partial charge in [-0.15, -0.1) is 10.2 Å². The molecule has 1 aliphatic heterocycles. The predicted molar refractivity (Wildman–Crippen MR) is 97.8 cm³/mol. The minimum Gasteiger partial charge on any atom is -0.459 e. The maximum absolute atomic E-state index is 12.9. The van der Waals surface area contributed by atoms with Crippen molar-refractivity contribution >= 4 is 23.6 Å². The largest absolute Gasteiger partial charge is 0.459 e. The molecule has 0 spiro atoms. The quantitative estimate of drug-likeness (QED) is 0.746. The van der Waals surface area contributed by atoms with Crippen LogP contribution in [0.4, 0.5) is 0 Å². The number of likely N-dealkylation sites (N-methyl/N-ethyl adjacent to an activating group) is 1. The number of carbonyl (C=O) groups excluding carboxylic acids is 2. The van der Waals surface area contributed by atoms with Crippen LogP contribution in [0.25, 0.3) is 0 Å². The second-order valence-electron chi connectivity index (χ2n) is 6.27. The second kappa shape index (κ2) is 8.39. The Balaban J connectivity index is 1.66. The van der Waals surface area contributed by atoms with Crippen molar-refractivity contribution in [2.75, 3.05) is 19.1 Å². The molecule has 3 rings (SSSR count). The molecule has 0 radical (unpaired) electrons. The Morgan fingerprint density at radius 3 is 3.04 bits per heavy atom. The SMILES string of the molecule is CSCC[C@H](NC(=O)c1ccco1)C(=O)N(C)Cc1nnc2n1CCC2. The van der Waals surface area contributed by atoms with Crippen LogP contribution in [-0.2, 0) is 24.3 Å². The maximum atomic E-state index is 12.9. The van der Waals surface area contributed by atoms with Gasteiger partial charge >= 0.3 is 0 Å². The molecule has 0 aromatic carbocycles. The Kier molecular flexibility index (Phi) is 5.97. The van der Waals surface area contributed by atoms with Crippen LogP contribution in [0.1, 0.15) is 35.0 Å². The minimum atomic E-state index is -0.606. The Morgan fingerprint density at radius 1 is 1.46 bits per heavy atom. The van der Waals surface area contributed by atoms with Crippen LogP contribution in [0.2, 0.25) is 0 Å². The summed E-state index contributed by atoms with van der Waals surface area (Å²) < 4.78 is 7.18. The van der Waals surface area contributed by atoms with Gasteiger partial charge in [-0.25, -0.2) is 0 Å². The van der Waals surface area contributed by atoms with Gasteiger partial charge in [-0.3, -0.25) is 9.59 Å². The van der Waals surface area contributed by atoms with Gasteiger partial charge in [0.25, 0.3) is 5.91 Å². The van der Waals surface area contributed by atoms with Crippen molar-refractivity contribution < 1.29 is 14.0 Å². The predicted octanol–water partition coefficient (Wildman–Crippen LogP) is 1.33. The maximum Gasteiger partial charge on any atom is 0.287 e. The molecular weight excluding hydrogens is 354 g/mol. The smallest absolute Gasteiger partial charge is 0.287 e. The monoisotopic (exact) mass is 377 g/mol. The average molecular weight is 377 g/mol. The fraction of sp³-hybridized carbons (Fsp3) is 0.529. The number of rotatable bonds is 8. The lowest BCUT2D eigenvalue weighted by atomic mass is 10.2. The van der Waals surface area contributed by atoms with Crippen molar-refractivity contribution in [3.63, 3.8) is 0 Å². The third-order valence-corrected chi connectivity index (χ3v) is 5.04. The van der Waals surface area contributed by atoms with Gasteiger partial charge in [-0.2, -0.15) is 11.8 Å². The number of furan rings is 1. The number of fused-ring (bicyclic) bond motifs is 1. The number of aromatic nitrogens is 3. The van der Waals surface area contributed by atoms with Crippen LogP contribution >= 0.6 is 11.8 Å². The van der Waals surface area contributed by atoms with Crippen molar-refractivity contribution in [2.45, 2.75) is 38.4 Å². The van der Waals surface area contributed by atoms with E-state index in [1.807, 2.05) is 6.26 Å². The Hall–Kier alpha value is -2.29. The van der Waals surface area contributed by atoms with Crippen molar-refractivity contribution in [1.29, 1.82) is 0 Å². The number of hydrogen-bond donors (Lipinski definition) is 1. The van der Waals surface area contributed by atoms with E-state index in [2.05, 4.69) is 20.1 Å². The van der Waals surface area contributed by atoms with Gasteiger partial charge in [0.15, 0.2) is 11.6 Å². The second-order valence-corrected chi connectivity index (χ2v) is 7.25. The molecule has 0 saturated carbocycles. The average Bonchev–Trinajstić information content (AvgIpc) is 3.36. The normalized spacial score (nSPS) is 14.1. The summed E-state index contributed by atoms with van der Waals surface area (Å²) in [6.07, 6.45) is 5.95. The summed E-state index contributed by atoms with van der Waals surface area (Å²) in [7, 11) is 1.73. The van der Waals surface area contributed by atoms with E-state index in [1.54, 1.807) is 35.8 Å². The van der Waals surface area contributed by atoms with E-state index in [4.69, 9.17) is 4.42 Å². The highest BCUT2D eigenvalue weighted by atomic mass is 32.2. The van der Waals surface area contributed by atoms with E-state index in [-0.39, 0.29) is 17.6 Å². The molecule has 140 valence electrons. The molecule has 2 amide bonds. The summed E-state index contributed by atoms with van der Waals surface area (Å²) in [6.45, 7) is 1.27. The zero-order valence-electron chi connectivity index (χ0n) is 15.0. The number of thioether (sulfide) groups is 1. The first-order valence-corrected chi connectivity index (χ1v) is 9.98. The number of nitrogens with one attached hydrogen (secondary N) is 1. The Morgan fingerprint density at radius 2 is 2.31 bits per heavy atom. The van der Waals surface area contributed by atoms with Gasteiger partial charge in [0.05, 0.1) is 12.8 Å². The zero-order valence-corrected chi connectivity index (χ0v) is 15.8. The molecule has 2 aromatic heterocycles. The number of nitrogens with zero attached hydrogens (tertiary/aromatic N) is 4. The molecule has 0 aliphatic carbocycles. The fourth-order valence-electron chi connectivity index (χ4n) is 3.01. The molecule has 3 heterocycles. The Labute approximate surface area is 156 Å². The molecular formula is C17H23N5O3S. The lowest BCUT2D eigenvalue weighted by Gasteiger charge is -2.24. The summed E-state index contributed by atoms with van der Waals surface area (Å²) >= 11 is 1.63. The molecule has 1 atom stereocenters. The molecule has 2 aromatic rings. The minimum absolute atomic E-state index is 0.144. The summed E-state index contributed by atoms with van der Waals surface area (Å²) in [5.74, 6) is 2.20. The first-order chi connectivity index (χ1) is 12.6. The summed E-state index contributed by atoms with van der Waals surface area (Å²) in [6, 6.07) is 2.62. The van der Waals surface area contributed by atoms with Gasteiger partial charge in [-0.05, 0) is 37.0 Å². The molecule has 0 bridgehead atoms. The van der Waals surface area contributed by atoms with Crippen LogP contribution in [0.3, 0.4) is 0 Å².